The largest absolute Gasteiger partial charge is 0.329 e. The van der Waals surface area contributed by atoms with E-state index in [1.807, 2.05) is 12.1 Å². The van der Waals surface area contributed by atoms with Gasteiger partial charge in [0, 0.05) is 60.4 Å². The zero-order chi connectivity index (χ0) is 11.4. The molecule has 0 radical (unpaired) electrons. The van der Waals surface area contributed by atoms with Gasteiger partial charge in [-0.1, -0.05) is 0 Å². The van der Waals surface area contributed by atoms with Crippen molar-refractivity contribution in [3.8, 4) is 0 Å². The van der Waals surface area contributed by atoms with E-state index in [4.69, 9.17) is 5.73 Å². The molecule has 0 bridgehead atoms. The van der Waals surface area contributed by atoms with Crippen LogP contribution < -0.4 is 5.73 Å². The molecule has 88 valence electrons. The van der Waals surface area contributed by atoms with Crippen LogP contribution in [0.2, 0.25) is 0 Å². The fraction of sp³-hybridized carbons (Fsp3) is 0.545. The molecular weight excluding hydrogens is 222 g/mol. The first-order chi connectivity index (χ1) is 7.81. The lowest BCUT2D eigenvalue weighted by Gasteiger charge is -2.33. The van der Waals surface area contributed by atoms with Crippen molar-refractivity contribution in [2.45, 2.75) is 6.04 Å². The van der Waals surface area contributed by atoms with E-state index in [1.165, 1.54) is 5.56 Å². The summed E-state index contributed by atoms with van der Waals surface area (Å²) in [6.07, 6.45) is 3.58. The van der Waals surface area contributed by atoms with Gasteiger partial charge in [0.1, 0.15) is 0 Å². The van der Waals surface area contributed by atoms with Gasteiger partial charge in [-0.15, -0.1) is 0 Å². The van der Waals surface area contributed by atoms with Crippen LogP contribution in [0.25, 0.3) is 0 Å². The standard InChI is InChI=1S/C11H17N3OS/c12-9-11(10-1-3-13-4-2-10)14-5-7-16(15)8-6-14/h1-4,11H,5-9,12H2. The fourth-order valence-electron chi connectivity index (χ4n) is 2.05. The molecule has 1 unspecified atom stereocenters. The smallest absolute Gasteiger partial charge is 0.0472 e. The second kappa shape index (κ2) is 5.52. The number of nitrogens with zero attached hydrogens (tertiary/aromatic N) is 2. The van der Waals surface area contributed by atoms with Crippen molar-refractivity contribution in [1.29, 1.82) is 0 Å². The molecule has 1 saturated heterocycles. The Morgan fingerprint density at radius 3 is 2.56 bits per heavy atom. The minimum absolute atomic E-state index is 0.236. The van der Waals surface area contributed by atoms with Crippen molar-refractivity contribution in [3.63, 3.8) is 0 Å². The SMILES string of the molecule is NCC(c1ccncc1)N1CCS(=O)CC1. The molecule has 1 atom stereocenters. The van der Waals surface area contributed by atoms with E-state index in [2.05, 4.69) is 9.88 Å². The highest BCUT2D eigenvalue weighted by Crippen LogP contribution is 2.20. The second-order valence-electron chi connectivity index (χ2n) is 3.92. The maximum absolute atomic E-state index is 11.3. The first-order valence-electron chi connectivity index (χ1n) is 5.50. The van der Waals surface area contributed by atoms with Gasteiger partial charge in [0.2, 0.25) is 0 Å². The summed E-state index contributed by atoms with van der Waals surface area (Å²) in [7, 11) is -0.631. The third kappa shape index (κ3) is 2.66. The monoisotopic (exact) mass is 239 g/mol. The van der Waals surface area contributed by atoms with Crippen molar-refractivity contribution in [1.82, 2.24) is 9.88 Å². The molecule has 2 rings (SSSR count). The van der Waals surface area contributed by atoms with Crippen LogP contribution >= 0.6 is 0 Å². The molecule has 1 aromatic rings. The summed E-state index contributed by atoms with van der Waals surface area (Å²) in [4.78, 5) is 6.33. The maximum Gasteiger partial charge on any atom is 0.0472 e. The van der Waals surface area contributed by atoms with Gasteiger partial charge in [-0.25, -0.2) is 0 Å². The molecular formula is C11H17N3OS. The molecule has 5 heteroatoms. The van der Waals surface area contributed by atoms with Crippen LogP contribution in [0.5, 0.6) is 0 Å². The first-order valence-corrected chi connectivity index (χ1v) is 6.99. The number of pyridine rings is 1. The molecule has 16 heavy (non-hydrogen) atoms. The summed E-state index contributed by atoms with van der Waals surface area (Å²) in [6, 6.07) is 4.24. The minimum atomic E-state index is -0.631. The summed E-state index contributed by atoms with van der Waals surface area (Å²) in [6.45, 7) is 2.34. The number of aromatic nitrogens is 1. The number of rotatable bonds is 3. The third-order valence-corrected chi connectivity index (χ3v) is 4.24. The van der Waals surface area contributed by atoms with Gasteiger partial charge in [-0.05, 0) is 17.7 Å². The van der Waals surface area contributed by atoms with Gasteiger partial charge in [-0.3, -0.25) is 14.1 Å². The highest BCUT2D eigenvalue weighted by molar-refractivity contribution is 7.85. The molecule has 0 amide bonds. The van der Waals surface area contributed by atoms with E-state index < -0.39 is 10.8 Å². The normalized spacial score (nSPS) is 20.8. The Hall–Kier alpha value is -0.780. The molecule has 1 fully saturated rings. The van der Waals surface area contributed by atoms with Crippen molar-refractivity contribution >= 4 is 10.8 Å². The van der Waals surface area contributed by atoms with E-state index >= 15 is 0 Å². The zero-order valence-corrected chi connectivity index (χ0v) is 10.0. The predicted molar refractivity (Wildman–Crippen MR) is 65.5 cm³/mol. The zero-order valence-electron chi connectivity index (χ0n) is 9.21. The molecule has 0 aromatic carbocycles. The summed E-state index contributed by atoms with van der Waals surface area (Å²) >= 11 is 0. The first kappa shape index (κ1) is 11.7. The molecule has 1 aliphatic heterocycles. The van der Waals surface area contributed by atoms with E-state index in [0.717, 1.165) is 24.6 Å². The third-order valence-electron chi connectivity index (χ3n) is 2.97. The molecule has 2 N–H and O–H groups in total. The van der Waals surface area contributed by atoms with E-state index in [9.17, 15) is 4.21 Å². The van der Waals surface area contributed by atoms with Gasteiger partial charge >= 0.3 is 0 Å². The Morgan fingerprint density at radius 2 is 2.00 bits per heavy atom. The van der Waals surface area contributed by atoms with E-state index in [1.54, 1.807) is 12.4 Å². The lowest BCUT2D eigenvalue weighted by atomic mass is 10.1. The fourth-order valence-corrected chi connectivity index (χ4v) is 3.13. The summed E-state index contributed by atoms with van der Waals surface area (Å²) in [5.41, 5.74) is 7.03. The van der Waals surface area contributed by atoms with Crippen LogP contribution in [0.1, 0.15) is 11.6 Å². The van der Waals surface area contributed by atoms with Gasteiger partial charge in [0.25, 0.3) is 0 Å². The van der Waals surface area contributed by atoms with E-state index in [-0.39, 0.29) is 6.04 Å². The maximum atomic E-state index is 11.3. The van der Waals surface area contributed by atoms with Crippen molar-refractivity contribution in [2.24, 2.45) is 5.73 Å². The van der Waals surface area contributed by atoms with Crippen molar-refractivity contribution in [2.75, 3.05) is 31.1 Å². The topological polar surface area (TPSA) is 59.2 Å². The Kier molecular flexibility index (Phi) is 4.04. The summed E-state index contributed by atoms with van der Waals surface area (Å²) in [5.74, 6) is 1.53. The van der Waals surface area contributed by atoms with Crippen molar-refractivity contribution in [3.05, 3.63) is 30.1 Å². The van der Waals surface area contributed by atoms with Crippen LogP contribution in [0.15, 0.2) is 24.5 Å². The Morgan fingerprint density at radius 1 is 1.38 bits per heavy atom. The van der Waals surface area contributed by atoms with Gasteiger partial charge in [0.05, 0.1) is 0 Å². The van der Waals surface area contributed by atoms with Crippen LogP contribution in [-0.2, 0) is 10.8 Å². The second-order valence-corrected chi connectivity index (χ2v) is 5.61. The molecule has 1 aliphatic rings. The summed E-state index contributed by atoms with van der Waals surface area (Å²) < 4.78 is 11.3. The molecule has 0 saturated carbocycles. The number of hydrogen-bond donors (Lipinski definition) is 1. The number of nitrogens with two attached hydrogens (primary N) is 1. The molecule has 1 aromatic heterocycles. The van der Waals surface area contributed by atoms with Gasteiger partial charge < -0.3 is 5.73 Å². The highest BCUT2D eigenvalue weighted by atomic mass is 32.2. The quantitative estimate of drug-likeness (QED) is 0.815. The predicted octanol–water partition coefficient (Wildman–Crippen LogP) is 0.146. The minimum Gasteiger partial charge on any atom is -0.329 e. The lowest BCUT2D eigenvalue weighted by Crippen LogP contribution is -2.42. The van der Waals surface area contributed by atoms with Gasteiger partial charge in [-0.2, -0.15) is 0 Å². The average Bonchev–Trinajstić information content (AvgIpc) is 2.34. The van der Waals surface area contributed by atoms with E-state index in [0.29, 0.717) is 6.54 Å². The van der Waals surface area contributed by atoms with Gasteiger partial charge in [0.15, 0.2) is 0 Å². The van der Waals surface area contributed by atoms with Crippen LogP contribution in [0.3, 0.4) is 0 Å². The Balaban J connectivity index is 2.08. The highest BCUT2D eigenvalue weighted by Gasteiger charge is 2.23. The lowest BCUT2D eigenvalue weighted by molar-refractivity contribution is 0.221. The van der Waals surface area contributed by atoms with Crippen LogP contribution in [0, 0.1) is 0 Å². The van der Waals surface area contributed by atoms with Crippen LogP contribution in [0.4, 0.5) is 0 Å². The molecule has 2 heterocycles. The Bertz CT molecular complexity index is 348. The Labute approximate surface area is 98.3 Å². The molecule has 4 nitrogen and oxygen atoms in total. The average molecular weight is 239 g/mol. The summed E-state index contributed by atoms with van der Waals surface area (Å²) in [5, 5.41) is 0. The van der Waals surface area contributed by atoms with Crippen LogP contribution in [-0.4, -0.2) is 45.2 Å². The number of hydrogen-bond acceptors (Lipinski definition) is 4. The molecule has 0 aliphatic carbocycles. The molecule has 0 spiro atoms. The van der Waals surface area contributed by atoms with Crippen molar-refractivity contribution < 1.29 is 4.21 Å².